The molecule has 0 saturated heterocycles. The molecule has 3 N–H and O–H groups in total. The lowest BCUT2D eigenvalue weighted by Crippen LogP contribution is -2.25. The summed E-state index contributed by atoms with van der Waals surface area (Å²) >= 11 is 0. The summed E-state index contributed by atoms with van der Waals surface area (Å²) < 4.78 is 11.4. The zero-order valence-corrected chi connectivity index (χ0v) is 18.1. The van der Waals surface area contributed by atoms with Crippen molar-refractivity contribution in [1.82, 2.24) is 0 Å². The fourth-order valence-corrected chi connectivity index (χ4v) is 4.07. The van der Waals surface area contributed by atoms with Crippen LogP contribution in [0.25, 0.3) is 0 Å². The van der Waals surface area contributed by atoms with Crippen molar-refractivity contribution in [3.8, 4) is 23.0 Å². The maximum atomic E-state index is 12.7. The third-order valence-corrected chi connectivity index (χ3v) is 5.84. The predicted molar refractivity (Wildman–Crippen MR) is 120 cm³/mol. The molecule has 8 heteroatoms. The topological polar surface area (TPSA) is 126 Å². The van der Waals surface area contributed by atoms with Crippen LogP contribution < -0.4 is 4.74 Å². The lowest BCUT2D eigenvalue weighted by atomic mass is 9.86. The van der Waals surface area contributed by atoms with Crippen molar-refractivity contribution in [3.63, 3.8) is 0 Å². The van der Waals surface area contributed by atoms with E-state index in [1.54, 1.807) is 19.1 Å². The minimum atomic E-state index is -0.793. The summed E-state index contributed by atoms with van der Waals surface area (Å²) in [6.45, 7) is 3.57. The molecule has 4 rings (SSSR count). The second-order valence-electron chi connectivity index (χ2n) is 8.16. The maximum Gasteiger partial charge on any atom is 0.342 e. The number of fused-ring (bicyclic) bond motifs is 1. The van der Waals surface area contributed by atoms with Gasteiger partial charge in [0.15, 0.2) is 11.5 Å². The normalized spacial score (nSPS) is 17.0. The number of hydrogen-bond donors (Lipinski definition) is 3. The van der Waals surface area contributed by atoms with E-state index in [9.17, 15) is 25.0 Å². The van der Waals surface area contributed by atoms with Gasteiger partial charge in [0.1, 0.15) is 35.5 Å². The van der Waals surface area contributed by atoms with Gasteiger partial charge < -0.3 is 24.8 Å². The van der Waals surface area contributed by atoms with Crippen LogP contribution >= 0.6 is 0 Å². The van der Waals surface area contributed by atoms with E-state index in [0.717, 1.165) is 5.56 Å². The summed E-state index contributed by atoms with van der Waals surface area (Å²) in [6.07, 6.45) is -0.189. The van der Waals surface area contributed by atoms with E-state index in [0.29, 0.717) is 28.9 Å². The number of hydrogen-bond acceptors (Lipinski definition) is 8. The van der Waals surface area contributed by atoms with Crippen molar-refractivity contribution in [2.75, 3.05) is 0 Å². The smallest absolute Gasteiger partial charge is 0.342 e. The van der Waals surface area contributed by atoms with Gasteiger partial charge in [-0.2, -0.15) is 0 Å². The van der Waals surface area contributed by atoms with Crippen LogP contribution in [0.1, 0.15) is 45.6 Å². The summed E-state index contributed by atoms with van der Waals surface area (Å²) in [5.74, 6) is -1.75. The van der Waals surface area contributed by atoms with E-state index in [-0.39, 0.29) is 29.5 Å². The summed E-state index contributed by atoms with van der Waals surface area (Å²) in [7, 11) is 0. The molecule has 3 aromatic rings. The Hall–Kier alpha value is -4.07. The Kier molecular flexibility index (Phi) is 5.91. The number of esters is 1. The minimum Gasteiger partial charge on any atom is -0.507 e. The number of carbonyl (C=O) groups is 1. The highest BCUT2D eigenvalue weighted by Crippen LogP contribution is 2.48. The molecule has 3 aromatic carbocycles. The first-order chi connectivity index (χ1) is 15.8. The Bertz CT molecular complexity index is 1220. The molecule has 8 nitrogen and oxygen atoms in total. The first-order valence-corrected chi connectivity index (χ1v) is 10.4. The fraction of sp³-hybridized carbons (Fsp3) is 0.240. The van der Waals surface area contributed by atoms with Crippen LogP contribution in [-0.2, 0) is 17.8 Å². The zero-order chi connectivity index (χ0) is 23.7. The molecule has 0 aromatic heterocycles. The third kappa shape index (κ3) is 4.19. The first-order valence-electron chi connectivity index (χ1n) is 10.4. The van der Waals surface area contributed by atoms with Gasteiger partial charge in [-0.1, -0.05) is 37.3 Å². The van der Waals surface area contributed by atoms with Crippen LogP contribution in [-0.4, -0.2) is 21.3 Å². The Balaban J connectivity index is 1.66. The average Bonchev–Trinajstić information content (AvgIpc) is 2.82. The number of rotatable bonds is 5. The number of carbonyl (C=O) groups excluding carboxylic acids is 1. The number of benzene rings is 3. The third-order valence-electron chi connectivity index (χ3n) is 5.84. The van der Waals surface area contributed by atoms with Crippen molar-refractivity contribution in [2.45, 2.75) is 33.0 Å². The summed E-state index contributed by atoms with van der Waals surface area (Å²) in [5, 5.41) is 33.8. The van der Waals surface area contributed by atoms with Crippen LogP contribution in [0.4, 0.5) is 5.69 Å². The van der Waals surface area contributed by atoms with Gasteiger partial charge in [0, 0.05) is 23.1 Å². The van der Waals surface area contributed by atoms with Gasteiger partial charge in [-0.15, -0.1) is 4.91 Å². The van der Waals surface area contributed by atoms with Gasteiger partial charge >= 0.3 is 5.97 Å². The van der Waals surface area contributed by atoms with Crippen LogP contribution in [0.15, 0.2) is 53.7 Å². The van der Waals surface area contributed by atoms with Gasteiger partial charge in [-0.05, 0) is 41.8 Å². The van der Waals surface area contributed by atoms with Crippen molar-refractivity contribution < 1.29 is 29.6 Å². The van der Waals surface area contributed by atoms with Gasteiger partial charge in [0.25, 0.3) is 0 Å². The molecule has 1 heterocycles. The summed E-state index contributed by atoms with van der Waals surface area (Å²) in [5.41, 5.74) is 2.15. The second kappa shape index (κ2) is 8.82. The Morgan fingerprint density at radius 3 is 2.55 bits per heavy atom. The Labute approximate surface area is 190 Å². The molecule has 0 radical (unpaired) electrons. The van der Waals surface area contributed by atoms with Crippen molar-refractivity contribution in [3.05, 3.63) is 81.3 Å². The molecule has 0 unspecified atom stereocenters. The molecular weight excluding hydrogens is 426 g/mol. The number of nitroso groups, excluding NO2 is 1. The molecule has 1 aliphatic rings. The highest BCUT2D eigenvalue weighted by Gasteiger charge is 2.33. The number of aromatic hydroxyl groups is 3. The van der Waals surface area contributed by atoms with Gasteiger partial charge in [-0.3, -0.25) is 0 Å². The number of ether oxygens (including phenoxy) is 2. The van der Waals surface area contributed by atoms with E-state index in [4.69, 9.17) is 9.47 Å². The van der Waals surface area contributed by atoms with E-state index >= 15 is 0 Å². The average molecular weight is 449 g/mol. The van der Waals surface area contributed by atoms with Crippen LogP contribution in [0.5, 0.6) is 23.0 Å². The second-order valence-corrected chi connectivity index (χ2v) is 8.16. The minimum absolute atomic E-state index is 0.00769. The summed E-state index contributed by atoms with van der Waals surface area (Å²) in [6, 6.07) is 13.1. The molecule has 0 aliphatic carbocycles. The fourth-order valence-electron chi connectivity index (χ4n) is 4.07. The van der Waals surface area contributed by atoms with Crippen LogP contribution in [0.2, 0.25) is 0 Å². The molecule has 2 atom stereocenters. The molecule has 1 aliphatic heterocycles. The van der Waals surface area contributed by atoms with Crippen molar-refractivity contribution >= 4 is 11.7 Å². The molecule has 33 heavy (non-hydrogen) atoms. The van der Waals surface area contributed by atoms with Crippen molar-refractivity contribution in [2.24, 2.45) is 11.1 Å². The summed E-state index contributed by atoms with van der Waals surface area (Å²) in [4.78, 5) is 23.8. The van der Waals surface area contributed by atoms with E-state index in [1.165, 1.54) is 18.2 Å². The monoisotopic (exact) mass is 449 g/mol. The van der Waals surface area contributed by atoms with E-state index in [2.05, 4.69) is 5.18 Å². The van der Waals surface area contributed by atoms with Gasteiger partial charge in [0.2, 0.25) is 0 Å². The van der Waals surface area contributed by atoms with Gasteiger partial charge in [-0.25, -0.2) is 4.79 Å². The molecular formula is C25H23NO7. The molecule has 0 amide bonds. The standard InChI is InChI=1S/C25H23NO7/c1-13-8-17-20(27)11-19(26-31)14(2)24(17)33-23(13)16-9-18(22(29)21(28)10-16)25(30)32-12-15-6-4-3-5-7-15/h3-7,9-11,13,23,27-29H,8,12H2,1-2H3/t13-,23+/m1/s1. The molecule has 0 bridgehead atoms. The quantitative estimate of drug-likeness (QED) is 0.278. The first kappa shape index (κ1) is 22.1. The van der Waals surface area contributed by atoms with Crippen molar-refractivity contribution in [1.29, 1.82) is 0 Å². The van der Waals surface area contributed by atoms with Crippen LogP contribution in [0.3, 0.4) is 0 Å². The lowest BCUT2D eigenvalue weighted by Gasteiger charge is -2.33. The highest BCUT2D eigenvalue weighted by atomic mass is 16.5. The highest BCUT2D eigenvalue weighted by molar-refractivity contribution is 5.93. The molecule has 0 saturated carbocycles. The maximum absolute atomic E-state index is 12.7. The Morgan fingerprint density at radius 2 is 1.85 bits per heavy atom. The Morgan fingerprint density at radius 1 is 1.12 bits per heavy atom. The SMILES string of the molecule is Cc1c(N=O)cc(O)c2c1O[C@H](c1cc(O)c(O)c(C(=O)OCc3ccccc3)c1)[C@H](C)C2. The van der Waals surface area contributed by atoms with Gasteiger partial charge in [0.05, 0.1) is 0 Å². The predicted octanol–water partition coefficient (Wildman–Crippen LogP) is 5.18. The molecule has 170 valence electrons. The molecule has 0 fully saturated rings. The molecule has 0 spiro atoms. The largest absolute Gasteiger partial charge is 0.507 e. The van der Waals surface area contributed by atoms with Crippen LogP contribution in [0, 0.1) is 17.7 Å². The number of nitrogens with zero attached hydrogens (tertiary/aromatic N) is 1. The number of phenolic OH excluding ortho intramolecular Hbond substituents is 3. The van der Waals surface area contributed by atoms with E-state index in [1.807, 2.05) is 25.1 Å². The van der Waals surface area contributed by atoms with E-state index < -0.39 is 23.6 Å². The number of phenols is 3. The lowest BCUT2D eigenvalue weighted by molar-refractivity contribution is 0.0467. The zero-order valence-electron chi connectivity index (χ0n) is 18.1.